The van der Waals surface area contributed by atoms with Gasteiger partial charge in [0.1, 0.15) is 6.04 Å². The molecular weight excluding hydrogens is 750 g/mol. The first-order chi connectivity index (χ1) is 27.9. The Labute approximate surface area is 338 Å². The zero-order valence-electron chi connectivity index (χ0n) is 33.9. The van der Waals surface area contributed by atoms with Crippen LogP contribution in [0.5, 0.6) is 0 Å². The molecule has 1 aromatic carbocycles. The van der Waals surface area contributed by atoms with Crippen molar-refractivity contribution in [1.82, 2.24) is 20.9 Å². The van der Waals surface area contributed by atoms with Crippen LogP contribution in [-0.4, -0.2) is 89.7 Å². The number of hydrogen-bond acceptors (Lipinski definition) is 12. The molecule has 6 rings (SSSR count). The highest BCUT2D eigenvalue weighted by molar-refractivity contribution is 5.96. The van der Waals surface area contributed by atoms with Crippen LogP contribution < -0.4 is 16.0 Å². The quantitative estimate of drug-likeness (QED) is 0.0283. The van der Waals surface area contributed by atoms with Crippen LogP contribution in [-0.2, 0) is 23.9 Å². The van der Waals surface area contributed by atoms with E-state index in [9.17, 15) is 29.6 Å². The van der Waals surface area contributed by atoms with Crippen LogP contribution in [0.1, 0.15) is 97.8 Å². The van der Waals surface area contributed by atoms with Gasteiger partial charge in [0, 0.05) is 36.5 Å². The van der Waals surface area contributed by atoms with E-state index >= 15 is 0 Å². The van der Waals surface area contributed by atoms with E-state index in [4.69, 9.17) is 19.6 Å². The predicted octanol–water partition coefficient (Wildman–Crippen LogP) is 6.41. The molecule has 18 nitrogen and oxygen atoms in total. The lowest BCUT2D eigenvalue weighted by Gasteiger charge is -2.61. The fourth-order valence-corrected chi connectivity index (χ4v) is 11.7. The summed E-state index contributed by atoms with van der Waals surface area (Å²) in [6.07, 6.45) is 10.7. The number of ether oxygens (including phenoxy) is 2. The molecule has 18 heteroatoms. The minimum absolute atomic E-state index is 0.0518. The molecule has 318 valence electrons. The maximum atomic E-state index is 13.7. The third-order valence-corrected chi connectivity index (χ3v) is 14.6. The maximum absolute atomic E-state index is 13.7. The van der Waals surface area contributed by atoms with Crippen molar-refractivity contribution < 1.29 is 38.5 Å². The van der Waals surface area contributed by atoms with Gasteiger partial charge in [-0.3, -0.25) is 24.5 Å². The first kappa shape index (κ1) is 43.0. The number of aromatic nitrogens is 2. The molecule has 0 spiro atoms. The lowest BCUT2D eigenvalue weighted by Crippen LogP contribution is -2.56. The molecule has 1 heterocycles. The minimum Gasteiger partial charge on any atom is -0.481 e. The number of nitrogens with one attached hydrogen (secondary N) is 3. The Kier molecular flexibility index (Phi) is 14.1. The molecule has 4 aliphatic rings. The second-order valence-electron chi connectivity index (χ2n) is 17.6. The summed E-state index contributed by atoms with van der Waals surface area (Å²) in [5.41, 5.74) is 8.62. The normalized spacial score (nSPS) is 29.8. The number of azide groups is 1. The Hall–Kier alpha value is -4.54. The zero-order valence-corrected chi connectivity index (χ0v) is 33.9. The molecule has 4 aliphatic carbocycles. The lowest BCUT2D eigenvalue weighted by molar-refractivity contribution is -0.383. The molecular formula is C40H59N9O9. The summed E-state index contributed by atoms with van der Waals surface area (Å²) >= 11 is 0. The van der Waals surface area contributed by atoms with E-state index in [1.165, 1.54) is 44.2 Å². The first-order valence-corrected chi connectivity index (χ1v) is 21.0. The van der Waals surface area contributed by atoms with Crippen LogP contribution in [0, 0.1) is 56.5 Å². The van der Waals surface area contributed by atoms with E-state index < -0.39 is 29.3 Å². The fraction of sp³-hybridized carbons (Fsp3) is 0.775. The number of nitro benzene ring substituents is 1. The van der Waals surface area contributed by atoms with Gasteiger partial charge in [-0.1, -0.05) is 25.9 Å². The number of aliphatic carboxylic acids is 1. The van der Waals surface area contributed by atoms with E-state index in [0.717, 1.165) is 32.1 Å². The van der Waals surface area contributed by atoms with Crippen LogP contribution >= 0.6 is 0 Å². The minimum atomic E-state index is -1.16. The van der Waals surface area contributed by atoms with Crippen molar-refractivity contribution in [3.63, 3.8) is 0 Å². The number of amides is 2. The average molecular weight is 810 g/mol. The first-order valence-electron chi connectivity index (χ1n) is 21.0. The van der Waals surface area contributed by atoms with Crippen LogP contribution in [0.3, 0.4) is 0 Å². The molecule has 1 aromatic heterocycles. The molecule has 4 fully saturated rings. The largest absolute Gasteiger partial charge is 0.481 e. The molecule has 4 unspecified atom stereocenters. The summed E-state index contributed by atoms with van der Waals surface area (Å²) in [5.74, 6) is 1.98. The van der Waals surface area contributed by atoms with Gasteiger partial charge in [-0.15, -0.1) is 0 Å². The van der Waals surface area contributed by atoms with Crippen LogP contribution in [0.25, 0.3) is 21.5 Å². The lowest BCUT2D eigenvalue weighted by atomic mass is 9.44. The smallest absolute Gasteiger partial charge is 0.305 e. The highest BCUT2D eigenvalue weighted by Gasteiger charge is 2.60. The van der Waals surface area contributed by atoms with Gasteiger partial charge in [-0.25, -0.2) is 4.63 Å². The molecule has 0 radical (unpaired) electrons. The summed E-state index contributed by atoms with van der Waals surface area (Å²) in [4.78, 5) is 51.7. The zero-order chi connectivity index (χ0) is 41.5. The molecule has 2 aromatic rings. The second-order valence-corrected chi connectivity index (χ2v) is 17.6. The second kappa shape index (κ2) is 19.0. The fourth-order valence-electron chi connectivity index (χ4n) is 11.7. The summed E-state index contributed by atoms with van der Waals surface area (Å²) in [6.45, 7) is 9.72. The molecule has 4 saturated carbocycles. The van der Waals surface area contributed by atoms with E-state index in [1.54, 1.807) is 0 Å². The van der Waals surface area contributed by atoms with Gasteiger partial charge in [-0.05, 0) is 132 Å². The number of carboxylic acids is 1. The number of rotatable bonds is 20. The summed E-state index contributed by atoms with van der Waals surface area (Å²) in [5, 5.41) is 41.0. The van der Waals surface area contributed by atoms with Gasteiger partial charge < -0.3 is 30.5 Å². The van der Waals surface area contributed by atoms with Gasteiger partial charge in [0.15, 0.2) is 5.52 Å². The van der Waals surface area contributed by atoms with Crippen molar-refractivity contribution in [3.8, 4) is 0 Å². The topological polar surface area (TPSA) is 257 Å². The number of fused-ring (bicyclic) bond motifs is 6. The molecule has 10 atom stereocenters. The Bertz CT molecular complexity index is 1840. The van der Waals surface area contributed by atoms with Crippen LogP contribution in [0.4, 0.5) is 11.4 Å². The van der Waals surface area contributed by atoms with Crippen LogP contribution in [0.2, 0.25) is 0 Å². The number of nitro groups is 1. The summed E-state index contributed by atoms with van der Waals surface area (Å²) < 4.78 is 15.6. The Morgan fingerprint density at radius 1 is 1.03 bits per heavy atom. The number of non-ortho nitro benzene ring substituents is 1. The van der Waals surface area contributed by atoms with E-state index in [2.05, 4.69) is 57.1 Å². The van der Waals surface area contributed by atoms with Gasteiger partial charge in [0.25, 0.3) is 0 Å². The number of benzene rings is 1. The van der Waals surface area contributed by atoms with Gasteiger partial charge >= 0.3 is 11.7 Å². The molecule has 2 amide bonds. The molecule has 4 N–H and O–H groups in total. The number of carbonyl (C=O) groups excluding carboxylic acids is 2. The van der Waals surface area contributed by atoms with Gasteiger partial charge in [-0.2, -0.15) is 0 Å². The number of carboxylic acid groups (broad SMARTS) is 1. The molecule has 0 bridgehead atoms. The van der Waals surface area contributed by atoms with Crippen molar-refractivity contribution in [2.75, 3.05) is 44.8 Å². The van der Waals surface area contributed by atoms with Crippen molar-refractivity contribution >= 4 is 40.2 Å². The monoisotopic (exact) mass is 809 g/mol. The highest BCUT2D eigenvalue weighted by atomic mass is 16.6. The Morgan fingerprint density at radius 3 is 2.53 bits per heavy atom. The predicted molar refractivity (Wildman–Crippen MR) is 212 cm³/mol. The van der Waals surface area contributed by atoms with E-state index in [0.29, 0.717) is 81.4 Å². The molecule has 0 aliphatic heterocycles. The number of hydrogen-bond donors (Lipinski definition) is 4. The van der Waals surface area contributed by atoms with E-state index in [-0.39, 0.29) is 45.2 Å². The third kappa shape index (κ3) is 9.50. The summed E-state index contributed by atoms with van der Waals surface area (Å²) in [7, 11) is 0. The van der Waals surface area contributed by atoms with Crippen molar-refractivity contribution in [2.45, 2.75) is 110 Å². The molecule has 0 saturated heterocycles. The van der Waals surface area contributed by atoms with Gasteiger partial charge in [0.2, 0.25) is 17.3 Å². The standard InChI is InChI=1S/C40H59N9O9/c1-24(4-11-34(50)42-16-18-56-20-21-57-19-17-43-48-41)28-7-8-29-27-6-5-25-22-26(12-14-39(25,2)30(27)13-15-40(28,29)3)44-38(53)32(23-35(51)52)45-31-9-10-33(49(54)55)37-36(31)46-58-47-37/h9-10,24-30,32,45H,4-8,11-23H2,1-3H3,(H,42,50)(H,44,53)(H,51,52)/t24-,25-,26-,27?,28?,29?,30?,32+,39+,40-/m1/s1. The number of nitrogens with zero attached hydrogens (tertiary/aromatic N) is 6. The number of anilines is 1. The highest BCUT2D eigenvalue weighted by Crippen LogP contribution is 2.68. The van der Waals surface area contributed by atoms with Crippen molar-refractivity contribution in [2.24, 2.45) is 51.5 Å². The average Bonchev–Trinajstić information content (AvgIpc) is 3.83. The van der Waals surface area contributed by atoms with E-state index in [1.807, 2.05) is 0 Å². The maximum Gasteiger partial charge on any atom is 0.305 e. The number of carbonyl (C=O) groups is 3. The van der Waals surface area contributed by atoms with Crippen molar-refractivity contribution in [3.05, 3.63) is 32.7 Å². The van der Waals surface area contributed by atoms with Gasteiger partial charge in [0.05, 0.1) is 43.5 Å². The third-order valence-electron chi connectivity index (χ3n) is 14.6. The van der Waals surface area contributed by atoms with Crippen molar-refractivity contribution in [1.29, 1.82) is 0 Å². The SMILES string of the molecule is C[C@H](CCC(=O)NCCOCCOCCN=[N+]=[N-])C1CCC2C3CC[C@@H]4C[C@H](NC(=O)[C@H](CC(=O)O)Nc5ccc([N+](=O)[O-])c6nonc56)CC[C@]4(C)C3CC[C@@]21C. The van der Waals surface area contributed by atoms with Crippen LogP contribution in [0.15, 0.2) is 21.9 Å². The molecule has 58 heavy (non-hydrogen) atoms. The Balaban J connectivity index is 0.977. The Morgan fingerprint density at radius 2 is 1.78 bits per heavy atom. The summed E-state index contributed by atoms with van der Waals surface area (Å²) in [6, 6.07) is 1.40.